The Morgan fingerprint density at radius 1 is 1.21 bits per heavy atom. The fourth-order valence-corrected chi connectivity index (χ4v) is 3.89. The summed E-state index contributed by atoms with van der Waals surface area (Å²) in [5.41, 5.74) is 1.03. The van der Waals surface area contributed by atoms with E-state index in [1.807, 2.05) is 35.2 Å². The quantitative estimate of drug-likeness (QED) is 0.831. The van der Waals surface area contributed by atoms with E-state index in [2.05, 4.69) is 5.32 Å². The largest absolute Gasteiger partial charge is 0.337 e. The molecule has 2 aliphatic rings. The van der Waals surface area contributed by atoms with Gasteiger partial charge in [-0.25, -0.2) is 4.79 Å². The zero-order chi connectivity index (χ0) is 16.9. The molecule has 1 unspecified atom stereocenters. The first-order valence-electron chi connectivity index (χ1n) is 8.34. The van der Waals surface area contributed by atoms with Crippen molar-refractivity contribution in [3.63, 3.8) is 0 Å². The molecule has 2 fully saturated rings. The number of rotatable bonds is 6. The molecule has 3 rings (SSSR count). The second-order valence-electron chi connectivity index (χ2n) is 6.25. The van der Waals surface area contributed by atoms with E-state index in [4.69, 9.17) is 0 Å². The van der Waals surface area contributed by atoms with Crippen molar-refractivity contribution < 1.29 is 13.8 Å². The minimum absolute atomic E-state index is 0.0338. The molecule has 1 aliphatic carbocycles. The van der Waals surface area contributed by atoms with Crippen LogP contribution in [0.4, 0.5) is 4.79 Å². The van der Waals surface area contributed by atoms with Crippen LogP contribution in [0.3, 0.4) is 0 Å². The maximum atomic E-state index is 12.1. The molecule has 0 spiro atoms. The lowest BCUT2D eigenvalue weighted by Crippen LogP contribution is -2.55. The molecule has 0 radical (unpaired) electrons. The van der Waals surface area contributed by atoms with Crippen LogP contribution in [0.2, 0.25) is 0 Å². The number of piperazine rings is 1. The van der Waals surface area contributed by atoms with Gasteiger partial charge < -0.3 is 15.1 Å². The maximum Gasteiger partial charge on any atom is 0.317 e. The van der Waals surface area contributed by atoms with Crippen molar-refractivity contribution in [1.29, 1.82) is 0 Å². The van der Waals surface area contributed by atoms with Gasteiger partial charge in [0.1, 0.15) is 6.54 Å². The zero-order valence-electron chi connectivity index (χ0n) is 13.6. The van der Waals surface area contributed by atoms with Gasteiger partial charge in [-0.1, -0.05) is 30.3 Å². The molecule has 130 valence electrons. The van der Waals surface area contributed by atoms with Crippen molar-refractivity contribution in [2.75, 3.05) is 31.9 Å². The molecule has 1 atom stereocenters. The zero-order valence-corrected chi connectivity index (χ0v) is 14.5. The van der Waals surface area contributed by atoms with E-state index in [1.54, 1.807) is 4.90 Å². The molecule has 1 N–H and O–H groups in total. The lowest BCUT2D eigenvalue weighted by molar-refractivity contribution is -0.135. The van der Waals surface area contributed by atoms with Crippen LogP contribution >= 0.6 is 0 Å². The number of nitrogens with zero attached hydrogens (tertiary/aromatic N) is 2. The van der Waals surface area contributed by atoms with Crippen LogP contribution in [0.15, 0.2) is 30.3 Å². The Hall–Kier alpha value is -1.89. The standard InChI is InChI=1S/C17H23N3O3S/c21-16-12-19(9-10-20(16)15-6-7-15)17(22)18-8-11-24(23)13-14-4-2-1-3-5-14/h1-5,15H,6-13H2,(H,18,22). The Balaban J connectivity index is 1.36. The van der Waals surface area contributed by atoms with Gasteiger partial charge in [0.05, 0.1) is 0 Å². The summed E-state index contributed by atoms with van der Waals surface area (Å²) >= 11 is 0. The normalized spacial score (nSPS) is 19.2. The SMILES string of the molecule is O=C(NCCS(=O)Cc1ccccc1)N1CCN(C2CC2)C(=O)C1. The molecule has 7 heteroatoms. The van der Waals surface area contributed by atoms with E-state index in [1.165, 1.54) is 0 Å². The Morgan fingerprint density at radius 2 is 1.96 bits per heavy atom. The van der Waals surface area contributed by atoms with E-state index < -0.39 is 10.8 Å². The van der Waals surface area contributed by atoms with Crippen LogP contribution in [0.5, 0.6) is 0 Å². The van der Waals surface area contributed by atoms with Gasteiger partial charge in [0.15, 0.2) is 0 Å². The lowest BCUT2D eigenvalue weighted by Gasteiger charge is -2.34. The van der Waals surface area contributed by atoms with Crippen LogP contribution in [-0.4, -0.2) is 63.9 Å². The van der Waals surface area contributed by atoms with Crippen LogP contribution in [0, 0.1) is 0 Å². The van der Waals surface area contributed by atoms with Gasteiger partial charge in [-0.3, -0.25) is 9.00 Å². The summed E-state index contributed by atoms with van der Waals surface area (Å²) in [5, 5.41) is 2.77. The fourth-order valence-electron chi connectivity index (χ4n) is 2.85. The molecule has 6 nitrogen and oxygen atoms in total. The molecule has 0 bridgehead atoms. The molecule has 24 heavy (non-hydrogen) atoms. The van der Waals surface area contributed by atoms with Crippen molar-refractivity contribution in [2.24, 2.45) is 0 Å². The van der Waals surface area contributed by atoms with Crippen molar-refractivity contribution in [3.8, 4) is 0 Å². The maximum absolute atomic E-state index is 12.1. The molecular formula is C17H23N3O3S. The Bertz CT molecular complexity index is 619. The number of amides is 3. The number of urea groups is 1. The van der Waals surface area contributed by atoms with Crippen LogP contribution in [-0.2, 0) is 21.3 Å². The molecule has 3 amide bonds. The third-order valence-corrected chi connectivity index (χ3v) is 5.62. The minimum Gasteiger partial charge on any atom is -0.337 e. The lowest BCUT2D eigenvalue weighted by atomic mass is 10.2. The Labute approximate surface area is 144 Å². The first kappa shape index (κ1) is 17.0. The predicted molar refractivity (Wildman–Crippen MR) is 92.9 cm³/mol. The highest BCUT2D eigenvalue weighted by molar-refractivity contribution is 7.84. The van der Waals surface area contributed by atoms with Gasteiger partial charge in [0.25, 0.3) is 0 Å². The smallest absolute Gasteiger partial charge is 0.317 e. The minimum atomic E-state index is -1.01. The summed E-state index contributed by atoms with van der Waals surface area (Å²) in [6.45, 7) is 1.70. The summed E-state index contributed by atoms with van der Waals surface area (Å²) < 4.78 is 12.0. The van der Waals surface area contributed by atoms with E-state index in [0.717, 1.165) is 18.4 Å². The van der Waals surface area contributed by atoms with Gasteiger partial charge in [-0.2, -0.15) is 0 Å². The van der Waals surface area contributed by atoms with E-state index in [0.29, 0.717) is 37.2 Å². The van der Waals surface area contributed by atoms with E-state index in [-0.39, 0.29) is 18.5 Å². The summed E-state index contributed by atoms with van der Waals surface area (Å²) in [5.74, 6) is 0.942. The van der Waals surface area contributed by atoms with Crippen molar-refractivity contribution in [1.82, 2.24) is 15.1 Å². The summed E-state index contributed by atoms with van der Waals surface area (Å²) in [6.07, 6.45) is 2.18. The third kappa shape index (κ3) is 4.56. The second-order valence-corrected chi connectivity index (χ2v) is 7.82. The van der Waals surface area contributed by atoms with Gasteiger partial charge in [0, 0.05) is 48.0 Å². The average molecular weight is 349 g/mol. The number of hydrogen-bond donors (Lipinski definition) is 1. The number of carbonyl (C=O) groups excluding carboxylic acids is 2. The molecule has 0 aromatic heterocycles. The molecule has 1 aliphatic heterocycles. The molecule has 1 saturated heterocycles. The fraction of sp³-hybridized carbons (Fsp3) is 0.529. The van der Waals surface area contributed by atoms with Crippen LogP contribution in [0.25, 0.3) is 0 Å². The van der Waals surface area contributed by atoms with Crippen LogP contribution < -0.4 is 5.32 Å². The molecule has 1 aromatic carbocycles. The highest BCUT2D eigenvalue weighted by Gasteiger charge is 2.36. The van der Waals surface area contributed by atoms with Gasteiger partial charge in [-0.05, 0) is 18.4 Å². The number of nitrogens with one attached hydrogen (secondary N) is 1. The van der Waals surface area contributed by atoms with Crippen molar-refractivity contribution in [2.45, 2.75) is 24.6 Å². The van der Waals surface area contributed by atoms with Gasteiger partial charge in [-0.15, -0.1) is 0 Å². The molecule has 1 saturated carbocycles. The summed E-state index contributed by atoms with van der Waals surface area (Å²) in [6, 6.07) is 9.83. The Morgan fingerprint density at radius 3 is 2.62 bits per heavy atom. The summed E-state index contributed by atoms with van der Waals surface area (Å²) in [7, 11) is -1.01. The van der Waals surface area contributed by atoms with E-state index in [9.17, 15) is 13.8 Å². The molecule has 1 heterocycles. The monoisotopic (exact) mass is 349 g/mol. The van der Waals surface area contributed by atoms with Crippen molar-refractivity contribution in [3.05, 3.63) is 35.9 Å². The molecular weight excluding hydrogens is 326 g/mol. The summed E-state index contributed by atoms with van der Waals surface area (Å²) in [4.78, 5) is 27.6. The van der Waals surface area contributed by atoms with E-state index >= 15 is 0 Å². The van der Waals surface area contributed by atoms with Crippen molar-refractivity contribution >= 4 is 22.7 Å². The highest BCUT2D eigenvalue weighted by atomic mass is 32.2. The number of hydrogen-bond acceptors (Lipinski definition) is 3. The number of carbonyl (C=O) groups is 2. The number of benzene rings is 1. The highest BCUT2D eigenvalue weighted by Crippen LogP contribution is 2.27. The Kier molecular flexibility index (Phi) is 5.50. The topological polar surface area (TPSA) is 69.7 Å². The third-order valence-electron chi connectivity index (χ3n) is 4.31. The molecule has 1 aromatic rings. The van der Waals surface area contributed by atoms with Crippen LogP contribution in [0.1, 0.15) is 18.4 Å². The predicted octanol–water partition coefficient (Wildman–Crippen LogP) is 0.951. The van der Waals surface area contributed by atoms with Gasteiger partial charge in [0.2, 0.25) is 5.91 Å². The average Bonchev–Trinajstić information content (AvgIpc) is 3.40. The second kappa shape index (κ2) is 7.79. The first-order chi connectivity index (χ1) is 11.6. The van der Waals surface area contributed by atoms with Gasteiger partial charge >= 0.3 is 6.03 Å². The first-order valence-corrected chi connectivity index (χ1v) is 9.83.